The molecule has 0 radical (unpaired) electrons. The topological polar surface area (TPSA) is 126 Å². The van der Waals surface area contributed by atoms with Gasteiger partial charge in [0.25, 0.3) is 5.91 Å². The van der Waals surface area contributed by atoms with E-state index in [1.54, 1.807) is 27.9 Å². The lowest BCUT2D eigenvalue weighted by Crippen LogP contribution is -2.42. The minimum absolute atomic E-state index is 0.0482. The lowest BCUT2D eigenvalue weighted by Gasteiger charge is -2.26. The molecular formula is C24H25N7O4. The molecule has 11 heteroatoms. The molecule has 180 valence electrons. The molecule has 2 amide bonds. The summed E-state index contributed by atoms with van der Waals surface area (Å²) >= 11 is 0. The zero-order chi connectivity index (χ0) is 24.5. The molecule has 3 heterocycles. The van der Waals surface area contributed by atoms with Gasteiger partial charge >= 0.3 is 6.09 Å². The van der Waals surface area contributed by atoms with Gasteiger partial charge < -0.3 is 25.0 Å². The summed E-state index contributed by atoms with van der Waals surface area (Å²) in [4.78, 5) is 36.8. The first-order valence-electron chi connectivity index (χ1n) is 11.4. The van der Waals surface area contributed by atoms with Gasteiger partial charge in [-0.25, -0.2) is 14.8 Å². The van der Waals surface area contributed by atoms with E-state index in [0.29, 0.717) is 35.9 Å². The quantitative estimate of drug-likeness (QED) is 0.499. The van der Waals surface area contributed by atoms with Crippen molar-refractivity contribution in [3.63, 3.8) is 0 Å². The number of aromatic nitrogens is 4. The van der Waals surface area contributed by atoms with Crippen LogP contribution in [0.5, 0.6) is 5.75 Å². The van der Waals surface area contributed by atoms with E-state index in [9.17, 15) is 14.7 Å². The van der Waals surface area contributed by atoms with E-state index >= 15 is 0 Å². The summed E-state index contributed by atoms with van der Waals surface area (Å²) in [5, 5.41) is 17.6. The minimum Gasteiger partial charge on any atom is -0.479 e. The fourth-order valence-electron chi connectivity index (χ4n) is 4.44. The Morgan fingerprint density at radius 3 is 2.77 bits per heavy atom. The van der Waals surface area contributed by atoms with Crippen molar-refractivity contribution in [2.45, 2.75) is 31.3 Å². The van der Waals surface area contributed by atoms with Crippen molar-refractivity contribution in [2.75, 3.05) is 29.9 Å². The largest absolute Gasteiger partial charge is 0.479 e. The second-order valence-corrected chi connectivity index (χ2v) is 8.73. The van der Waals surface area contributed by atoms with E-state index in [2.05, 4.69) is 26.3 Å². The molecule has 1 atom stereocenters. The Balaban J connectivity index is 1.28. The number of ether oxygens (including phenoxy) is 1. The van der Waals surface area contributed by atoms with Gasteiger partial charge in [0, 0.05) is 43.8 Å². The average Bonchev–Trinajstić information content (AvgIpc) is 3.42. The summed E-state index contributed by atoms with van der Waals surface area (Å²) in [5.74, 6) is 3.00. The number of nitrogens with one attached hydrogen (secondary N) is 1. The van der Waals surface area contributed by atoms with Gasteiger partial charge in [-0.2, -0.15) is 5.10 Å². The number of hydrogen-bond donors (Lipinski definition) is 2. The Kier molecular flexibility index (Phi) is 5.86. The minimum atomic E-state index is -0.868. The summed E-state index contributed by atoms with van der Waals surface area (Å²) in [6.07, 6.45) is 11.8. The maximum atomic E-state index is 12.9. The second kappa shape index (κ2) is 9.13. The number of benzene rings is 1. The lowest BCUT2D eigenvalue weighted by atomic mass is 10.2. The highest BCUT2D eigenvalue weighted by Gasteiger charge is 2.40. The smallest absolute Gasteiger partial charge is 0.407 e. The van der Waals surface area contributed by atoms with Crippen LogP contribution in [0.3, 0.4) is 0 Å². The predicted octanol–water partition coefficient (Wildman–Crippen LogP) is 2.35. The predicted molar refractivity (Wildman–Crippen MR) is 129 cm³/mol. The molecule has 1 aliphatic heterocycles. The van der Waals surface area contributed by atoms with Crippen LogP contribution in [0.2, 0.25) is 0 Å². The van der Waals surface area contributed by atoms with Gasteiger partial charge in [0.1, 0.15) is 23.9 Å². The number of rotatable bonds is 7. The van der Waals surface area contributed by atoms with Gasteiger partial charge in [0.05, 0.1) is 29.6 Å². The van der Waals surface area contributed by atoms with Crippen molar-refractivity contribution >= 4 is 34.4 Å². The van der Waals surface area contributed by atoms with Crippen LogP contribution in [0.15, 0.2) is 30.7 Å². The molecular weight excluding hydrogens is 450 g/mol. The lowest BCUT2D eigenvalue weighted by molar-refractivity contribution is 0.102. The third-order valence-corrected chi connectivity index (χ3v) is 6.19. The number of carboxylic acid groups (broad SMARTS) is 1. The number of hydrogen-bond acceptors (Lipinski definition) is 7. The van der Waals surface area contributed by atoms with Crippen LogP contribution < -0.4 is 15.0 Å². The Bertz CT molecular complexity index is 1310. The molecule has 0 unspecified atom stereocenters. The molecule has 11 nitrogen and oxygen atoms in total. The van der Waals surface area contributed by atoms with Gasteiger partial charge in [-0.3, -0.25) is 9.48 Å². The van der Waals surface area contributed by atoms with Gasteiger partial charge in [-0.15, -0.1) is 6.42 Å². The fourth-order valence-corrected chi connectivity index (χ4v) is 4.44. The summed E-state index contributed by atoms with van der Waals surface area (Å²) in [6, 6.07) is 3.57. The zero-order valence-corrected chi connectivity index (χ0v) is 19.2. The highest BCUT2D eigenvalue weighted by Crippen LogP contribution is 2.33. The van der Waals surface area contributed by atoms with E-state index in [1.807, 2.05) is 18.1 Å². The molecule has 1 saturated heterocycles. The Morgan fingerprint density at radius 2 is 2.09 bits per heavy atom. The molecule has 35 heavy (non-hydrogen) atoms. The molecule has 0 spiro atoms. The maximum absolute atomic E-state index is 12.9. The van der Waals surface area contributed by atoms with Crippen LogP contribution >= 0.6 is 0 Å². The first kappa shape index (κ1) is 22.5. The van der Waals surface area contributed by atoms with Crippen molar-refractivity contribution in [1.29, 1.82) is 0 Å². The number of aryl methyl sites for hydroxylation is 1. The number of anilines is 2. The summed E-state index contributed by atoms with van der Waals surface area (Å²) in [7, 11) is 1.81. The summed E-state index contributed by atoms with van der Waals surface area (Å²) in [6.45, 7) is 1.29. The third kappa shape index (κ3) is 4.68. The Morgan fingerprint density at radius 1 is 1.26 bits per heavy atom. The normalized spacial score (nSPS) is 17.3. The standard InChI is InChI=1S/C24H25N7O4/c1-3-8-35-21-10-18-15(13-29(2)28-18)9-19(21)27-23(32)20-11-26-22(12-25-20)30-7-6-17(14-30)31(24(33)34)16-4-5-16/h1,9-13,16-17H,4-8,14H2,2H3,(H,27,32)(H,33,34)/t17-/m1/s1. The number of nitrogens with zero attached hydrogens (tertiary/aromatic N) is 6. The molecule has 0 bridgehead atoms. The van der Waals surface area contributed by atoms with Crippen LogP contribution in [0.1, 0.15) is 29.8 Å². The Hall–Kier alpha value is -4.33. The number of fused-ring (bicyclic) bond motifs is 1. The van der Waals surface area contributed by atoms with Crippen LogP contribution in [0.4, 0.5) is 16.3 Å². The van der Waals surface area contributed by atoms with Crippen LogP contribution in [0.25, 0.3) is 10.9 Å². The molecule has 1 saturated carbocycles. The van der Waals surface area contributed by atoms with E-state index in [-0.39, 0.29) is 24.4 Å². The third-order valence-electron chi connectivity index (χ3n) is 6.19. The van der Waals surface area contributed by atoms with Gasteiger partial charge in [0.15, 0.2) is 0 Å². The van der Waals surface area contributed by atoms with E-state index in [1.165, 1.54) is 6.20 Å². The number of carbonyl (C=O) groups excluding carboxylic acids is 1. The van der Waals surface area contributed by atoms with Crippen molar-refractivity contribution in [3.05, 3.63) is 36.4 Å². The highest BCUT2D eigenvalue weighted by molar-refractivity contribution is 6.04. The van der Waals surface area contributed by atoms with E-state index < -0.39 is 12.0 Å². The maximum Gasteiger partial charge on any atom is 0.407 e. The molecule has 2 N–H and O–H groups in total. The SMILES string of the molecule is C#CCOc1cc2nn(C)cc2cc1NC(=O)c1cnc(N2CC[C@@H](N(C(=O)O)C3CC3)C2)cn1. The molecule has 3 aromatic rings. The van der Waals surface area contributed by atoms with Gasteiger partial charge in [-0.1, -0.05) is 5.92 Å². The van der Waals surface area contributed by atoms with Crippen LogP contribution in [-0.2, 0) is 7.05 Å². The molecule has 5 rings (SSSR count). The van der Waals surface area contributed by atoms with Crippen molar-refractivity contribution in [3.8, 4) is 18.1 Å². The molecule has 1 aliphatic carbocycles. The molecule has 1 aromatic carbocycles. The fraction of sp³-hybridized carbons (Fsp3) is 0.375. The second-order valence-electron chi connectivity index (χ2n) is 8.73. The van der Waals surface area contributed by atoms with Crippen LogP contribution in [-0.4, -0.2) is 73.5 Å². The monoisotopic (exact) mass is 475 g/mol. The number of amides is 2. The first-order valence-corrected chi connectivity index (χ1v) is 11.4. The zero-order valence-electron chi connectivity index (χ0n) is 19.2. The number of terminal acetylenes is 1. The van der Waals surface area contributed by atoms with Crippen molar-refractivity contribution in [2.24, 2.45) is 7.05 Å². The first-order chi connectivity index (χ1) is 16.9. The highest BCUT2D eigenvalue weighted by atomic mass is 16.5. The van der Waals surface area contributed by atoms with Gasteiger partial charge in [0.2, 0.25) is 0 Å². The molecule has 2 aliphatic rings. The van der Waals surface area contributed by atoms with Crippen molar-refractivity contribution < 1.29 is 19.4 Å². The van der Waals surface area contributed by atoms with Gasteiger partial charge in [-0.05, 0) is 25.3 Å². The number of carbonyl (C=O) groups is 2. The van der Waals surface area contributed by atoms with Crippen molar-refractivity contribution in [1.82, 2.24) is 24.6 Å². The van der Waals surface area contributed by atoms with Crippen LogP contribution in [0, 0.1) is 12.3 Å². The molecule has 2 aromatic heterocycles. The van der Waals surface area contributed by atoms with E-state index in [4.69, 9.17) is 11.2 Å². The molecule has 2 fully saturated rings. The summed E-state index contributed by atoms with van der Waals surface area (Å²) in [5.41, 5.74) is 1.31. The summed E-state index contributed by atoms with van der Waals surface area (Å²) < 4.78 is 7.28. The van der Waals surface area contributed by atoms with E-state index in [0.717, 1.165) is 24.6 Å². The Labute approximate surface area is 201 Å². The average molecular weight is 476 g/mol.